The lowest BCUT2D eigenvalue weighted by Crippen LogP contribution is -2.49. The fourth-order valence-electron chi connectivity index (χ4n) is 7.63. The molecule has 0 aliphatic heterocycles. The van der Waals surface area contributed by atoms with Crippen molar-refractivity contribution in [3.05, 3.63) is 41.6 Å². The van der Waals surface area contributed by atoms with Gasteiger partial charge in [-0.1, -0.05) is 36.7 Å². The first kappa shape index (κ1) is 22.9. The Balaban J connectivity index is 1.20. The van der Waals surface area contributed by atoms with Gasteiger partial charge in [-0.2, -0.15) is 0 Å². The molecule has 0 bridgehead atoms. The summed E-state index contributed by atoms with van der Waals surface area (Å²) in [6.45, 7) is 10.8. The summed E-state index contributed by atoms with van der Waals surface area (Å²) < 4.78 is 5.77. The van der Waals surface area contributed by atoms with E-state index >= 15 is 0 Å². The maximum absolute atomic E-state index is 5.77. The highest BCUT2D eigenvalue weighted by atomic mass is 16.6. The third kappa shape index (κ3) is 4.11. The molecular weight excluding hydrogens is 410 g/mol. The van der Waals surface area contributed by atoms with E-state index in [1.54, 1.807) is 11.8 Å². The van der Waals surface area contributed by atoms with E-state index in [2.05, 4.69) is 36.6 Å². The fraction of sp³-hybridized carbons (Fsp3) is 0.714. The molecule has 5 rings (SSSR count). The number of nitrogens with zero attached hydrogens (tertiary/aromatic N) is 3. The molecule has 5 heteroatoms. The van der Waals surface area contributed by atoms with Crippen LogP contribution in [0.3, 0.4) is 0 Å². The summed E-state index contributed by atoms with van der Waals surface area (Å²) in [5.41, 5.74) is 5.02. The minimum absolute atomic E-state index is 0.343. The largest absolute Gasteiger partial charge is 0.444 e. The Morgan fingerprint density at radius 3 is 2.76 bits per heavy atom. The summed E-state index contributed by atoms with van der Waals surface area (Å²) in [6.07, 6.45) is 15.0. The third-order valence-corrected chi connectivity index (χ3v) is 9.61. The molecule has 0 spiro atoms. The molecule has 3 saturated carbocycles. The molecule has 0 amide bonds. The van der Waals surface area contributed by atoms with Crippen molar-refractivity contribution < 1.29 is 9.25 Å². The Labute approximate surface area is 199 Å². The summed E-state index contributed by atoms with van der Waals surface area (Å²) >= 11 is 0. The average Bonchev–Trinajstić information content (AvgIpc) is 3.34. The fourth-order valence-corrected chi connectivity index (χ4v) is 7.63. The predicted octanol–water partition coefficient (Wildman–Crippen LogP) is 6.17. The quantitative estimate of drug-likeness (QED) is 0.295. The van der Waals surface area contributed by atoms with Crippen LogP contribution in [-0.2, 0) is 17.8 Å². The normalized spacial score (nSPS) is 37.0. The predicted molar refractivity (Wildman–Crippen MR) is 132 cm³/mol. The monoisotopic (exact) mass is 451 g/mol. The highest BCUT2D eigenvalue weighted by Gasteiger charge is 2.57. The van der Waals surface area contributed by atoms with E-state index in [0.29, 0.717) is 30.4 Å². The van der Waals surface area contributed by atoms with Crippen molar-refractivity contribution in [3.63, 3.8) is 0 Å². The van der Waals surface area contributed by atoms with Gasteiger partial charge in [-0.15, -0.1) is 0 Å². The summed E-state index contributed by atoms with van der Waals surface area (Å²) in [6, 6.07) is 0. The first-order chi connectivity index (χ1) is 15.8. The highest BCUT2D eigenvalue weighted by Crippen LogP contribution is 2.66. The zero-order valence-corrected chi connectivity index (χ0v) is 21.0. The molecule has 3 fully saturated rings. The van der Waals surface area contributed by atoms with Gasteiger partial charge in [-0.3, -0.25) is 0 Å². The molecule has 33 heavy (non-hydrogen) atoms. The third-order valence-electron chi connectivity index (χ3n) is 9.61. The van der Waals surface area contributed by atoms with E-state index in [1.807, 2.05) is 19.0 Å². The van der Waals surface area contributed by atoms with Gasteiger partial charge in [0.15, 0.2) is 0 Å². The molecule has 180 valence electrons. The first-order valence-corrected chi connectivity index (χ1v) is 13.0. The van der Waals surface area contributed by atoms with Crippen molar-refractivity contribution in [2.75, 3.05) is 20.7 Å². The van der Waals surface area contributed by atoms with Gasteiger partial charge in [0, 0.05) is 6.42 Å². The number of hydrogen-bond acceptors (Lipinski definition) is 5. The van der Waals surface area contributed by atoms with Crippen molar-refractivity contribution in [1.29, 1.82) is 0 Å². The van der Waals surface area contributed by atoms with Gasteiger partial charge in [-0.05, 0) is 100 Å². The maximum atomic E-state index is 5.77. The van der Waals surface area contributed by atoms with Crippen LogP contribution >= 0.6 is 0 Å². The molecule has 0 saturated heterocycles. The first-order valence-electron chi connectivity index (χ1n) is 13.0. The molecule has 5 atom stereocenters. The van der Waals surface area contributed by atoms with Gasteiger partial charge in [0.1, 0.15) is 12.4 Å². The van der Waals surface area contributed by atoms with Crippen LogP contribution in [0.5, 0.6) is 0 Å². The second-order valence-electron chi connectivity index (χ2n) is 11.7. The van der Waals surface area contributed by atoms with Crippen molar-refractivity contribution in [1.82, 2.24) is 9.88 Å². The Morgan fingerprint density at radius 1 is 1.12 bits per heavy atom. The molecule has 0 N–H and O–H groups in total. The van der Waals surface area contributed by atoms with E-state index in [-0.39, 0.29) is 0 Å². The second kappa shape index (κ2) is 8.72. The number of oxazole rings is 1. The molecule has 4 aliphatic carbocycles. The van der Waals surface area contributed by atoms with Crippen molar-refractivity contribution in [2.24, 2.45) is 33.7 Å². The maximum Gasteiger partial charge on any atom is 0.208 e. The van der Waals surface area contributed by atoms with Crippen molar-refractivity contribution >= 4 is 5.71 Å². The van der Waals surface area contributed by atoms with Crippen LogP contribution in [0.1, 0.15) is 76.9 Å². The number of rotatable bonds is 6. The van der Waals surface area contributed by atoms with Crippen molar-refractivity contribution in [3.8, 4) is 0 Å². The van der Waals surface area contributed by atoms with Crippen LogP contribution in [-0.4, -0.2) is 36.3 Å². The number of fused-ring (bicyclic) bond motifs is 5. The molecular formula is C28H41N3O2. The van der Waals surface area contributed by atoms with Gasteiger partial charge in [0.25, 0.3) is 0 Å². The van der Waals surface area contributed by atoms with E-state index in [1.165, 1.54) is 50.5 Å². The Kier molecular flexibility index (Phi) is 6.05. The smallest absolute Gasteiger partial charge is 0.208 e. The number of allylic oxidation sites excluding steroid dienone is 3. The zero-order chi connectivity index (χ0) is 23.2. The molecule has 0 aromatic carbocycles. The molecule has 1 aromatic heterocycles. The summed E-state index contributed by atoms with van der Waals surface area (Å²) in [7, 11) is 4.02. The standard InChI is InChI=1S/C28H41N3O2/c1-19-6-9-24-23-8-7-20-16-21(10-13-28(20,3)25(23)11-14-27(19,24)2)30-32-15-12-22-17-29-26(33-22)18-31(4)5/h16-17,23-25H,1,6-15,18H2,2-5H3/t23?,24?,25?,27-,28+/m1/s1. The molecule has 3 unspecified atom stereocenters. The van der Waals surface area contributed by atoms with E-state index in [4.69, 9.17) is 9.25 Å². The Bertz CT molecular complexity index is 960. The van der Waals surface area contributed by atoms with Crippen LogP contribution in [0, 0.1) is 28.6 Å². The van der Waals surface area contributed by atoms with Crippen LogP contribution in [0.25, 0.3) is 0 Å². The van der Waals surface area contributed by atoms with Crippen LogP contribution in [0.15, 0.2) is 39.6 Å². The van der Waals surface area contributed by atoms with Gasteiger partial charge in [0.2, 0.25) is 5.89 Å². The molecule has 1 heterocycles. The highest BCUT2D eigenvalue weighted by molar-refractivity contribution is 5.96. The van der Waals surface area contributed by atoms with Crippen LogP contribution in [0.2, 0.25) is 0 Å². The number of oxime groups is 1. The Morgan fingerprint density at radius 2 is 1.94 bits per heavy atom. The summed E-state index contributed by atoms with van der Waals surface area (Å²) in [5, 5.41) is 4.51. The van der Waals surface area contributed by atoms with Gasteiger partial charge < -0.3 is 14.2 Å². The van der Waals surface area contributed by atoms with Gasteiger partial charge in [0.05, 0.1) is 18.5 Å². The summed E-state index contributed by atoms with van der Waals surface area (Å²) in [5.74, 6) is 4.16. The second-order valence-corrected chi connectivity index (χ2v) is 11.7. The lowest BCUT2D eigenvalue weighted by Gasteiger charge is -2.57. The molecule has 0 radical (unpaired) electrons. The Hall–Kier alpha value is -1.88. The lowest BCUT2D eigenvalue weighted by atomic mass is 9.47. The number of hydrogen-bond donors (Lipinski definition) is 0. The van der Waals surface area contributed by atoms with Gasteiger partial charge in [-0.25, -0.2) is 4.98 Å². The van der Waals surface area contributed by atoms with E-state index in [0.717, 1.165) is 41.5 Å². The van der Waals surface area contributed by atoms with Crippen LogP contribution < -0.4 is 0 Å². The molecule has 4 aliphatic rings. The molecule has 5 nitrogen and oxygen atoms in total. The van der Waals surface area contributed by atoms with Crippen LogP contribution in [0.4, 0.5) is 0 Å². The van der Waals surface area contributed by atoms with E-state index in [9.17, 15) is 0 Å². The molecule has 1 aromatic rings. The minimum Gasteiger partial charge on any atom is -0.444 e. The van der Waals surface area contributed by atoms with Crippen molar-refractivity contribution in [2.45, 2.75) is 78.2 Å². The SMILES string of the molecule is C=C1CCC2C3CCC4=CC(=NOCCc5cnc(CN(C)C)o5)CC[C@]4(C)C3CC[C@]12C. The topological polar surface area (TPSA) is 50.9 Å². The summed E-state index contributed by atoms with van der Waals surface area (Å²) in [4.78, 5) is 12.1. The number of aromatic nitrogens is 1. The van der Waals surface area contributed by atoms with Gasteiger partial charge >= 0.3 is 0 Å². The average molecular weight is 452 g/mol. The van der Waals surface area contributed by atoms with E-state index < -0.39 is 0 Å². The minimum atomic E-state index is 0.343. The zero-order valence-electron chi connectivity index (χ0n) is 21.0. The lowest BCUT2D eigenvalue weighted by molar-refractivity contribution is -0.0226.